The number of hydrogen-bond donors (Lipinski definition) is 1. The van der Waals surface area contributed by atoms with Gasteiger partial charge >= 0.3 is 0 Å². The molecule has 0 amide bonds. The van der Waals surface area contributed by atoms with Crippen LogP contribution in [0.2, 0.25) is 5.02 Å². The summed E-state index contributed by atoms with van der Waals surface area (Å²) in [7, 11) is 0. The Kier molecular flexibility index (Phi) is 4.88. The Hall–Kier alpha value is -1.45. The predicted octanol–water partition coefficient (Wildman–Crippen LogP) is 3.59. The SMILES string of the molecule is CC(Cc1ccc(F)cc1)NCc1ccncc1Cl. The minimum atomic E-state index is -0.201. The highest BCUT2D eigenvalue weighted by Gasteiger charge is 2.05. The minimum Gasteiger partial charge on any atom is -0.310 e. The maximum atomic E-state index is 12.8. The second kappa shape index (κ2) is 6.64. The molecule has 1 aromatic heterocycles. The number of nitrogens with one attached hydrogen (secondary N) is 1. The molecule has 4 heteroatoms. The molecule has 2 rings (SSSR count). The Morgan fingerprint density at radius 1 is 1.26 bits per heavy atom. The number of hydrogen-bond acceptors (Lipinski definition) is 2. The van der Waals surface area contributed by atoms with Gasteiger partial charge in [-0.2, -0.15) is 0 Å². The van der Waals surface area contributed by atoms with Crippen LogP contribution in [0.15, 0.2) is 42.7 Å². The van der Waals surface area contributed by atoms with Gasteiger partial charge in [-0.15, -0.1) is 0 Å². The van der Waals surface area contributed by atoms with E-state index in [0.717, 1.165) is 17.5 Å². The van der Waals surface area contributed by atoms with E-state index in [4.69, 9.17) is 11.6 Å². The second-order valence-electron chi connectivity index (χ2n) is 4.58. The first-order valence-electron chi connectivity index (χ1n) is 6.21. The molecule has 0 bridgehead atoms. The highest BCUT2D eigenvalue weighted by atomic mass is 35.5. The minimum absolute atomic E-state index is 0.201. The van der Waals surface area contributed by atoms with Crippen LogP contribution in [0, 0.1) is 5.82 Å². The summed E-state index contributed by atoms with van der Waals surface area (Å²) in [6.45, 7) is 2.79. The third-order valence-corrected chi connectivity index (χ3v) is 3.29. The fourth-order valence-corrected chi connectivity index (χ4v) is 2.06. The quantitative estimate of drug-likeness (QED) is 0.904. The zero-order chi connectivity index (χ0) is 13.7. The first-order chi connectivity index (χ1) is 9.15. The van der Waals surface area contributed by atoms with Gasteiger partial charge in [0.15, 0.2) is 0 Å². The van der Waals surface area contributed by atoms with Gasteiger partial charge in [0.05, 0.1) is 5.02 Å². The lowest BCUT2D eigenvalue weighted by Crippen LogP contribution is -2.27. The van der Waals surface area contributed by atoms with E-state index in [0.29, 0.717) is 11.6 Å². The van der Waals surface area contributed by atoms with Crippen LogP contribution in [0.25, 0.3) is 0 Å². The van der Waals surface area contributed by atoms with Gasteiger partial charge in [0.25, 0.3) is 0 Å². The molecule has 19 heavy (non-hydrogen) atoms. The molecule has 1 N–H and O–H groups in total. The predicted molar refractivity (Wildman–Crippen MR) is 75.7 cm³/mol. The molecule has 0 fully saturated rings. The summed E-state index contributed by atoms with van der Waals surface area (Å²) < 4.78 is 12.8. The van der Waals surface area contributed by atoms with Gasteiger partial charge in [-0.1, -0.05) is 23.7 Å². The molecular formula is C15H16ClFN2. The molecule has 1 heterocycles. The Morgan fingerprint density at radius 3 is 2.68 bits per heavy atom. The van der Waals surface area contributed by atoms with E-state index >= 15 is 0 Å². The lowest BCUT2D eigenvalue weighted by atomic mass is 10.1. The summed E-state index contributed by atoms with van der Waals surface area (Å²) >= 11 is 6.04. The molecule has 0 saturated carbocycles. The van der Waals surface area contributed by atoms with E-state index in [1.807, 2.05) is 18.2 Å². The van der Waals surface area contributed by atoms with Crippen LogP contribution in [0.1, 0.15) is 18.1 Å². The molecule has 0 aliphatic heterocycles. The lowest BCUT2D eigenvalue weighted by Gasteiger charge is -2.14. The highest BCUT2D eigenvalue weighted by Crippen LogP contribution is 2.13. The summed E-state index contributed by atoms with van der Waals surface area (Å²) in [5, 5.41) is 4.07. The van der Waals surface area contributed by atoms with E-state index in [-0.39, 0.29) is 11.9 Å². The highest BCUT2D eigenvalue weighted by molar-refractivity contribution is 6.31. The van der Waals surface area contributed by atoms with Crippen molar-refractivity contribution in [1.29, 1.82) is 0 Å². The molecule has 1 unspecified atom stereocenters. The molecule has 100 valence electrons. The molecule has 0 aliphatic rings. The van der Waals surface area contributed by atoms with Crippen molar-refractivity contribution in [2.24, 2.45) is 0 Å². The zero-order valence-electron chi connectivity index (χ0n) is 10.7. The van der Waals surface area contributed by atoms with E-state index in [1.54, 1.807) is 12.4 Å². The topological polar surface area (TPSA) is 24.9 Å². The number of halogens is 2. The maximum Gasteiger partial charge on any atom is 0.123 e. The van der Waals surface area contributed by atoms with Crippen LogP contribution < -0.4 is 5.32 Å². The van der Waals surface area contributed by atoms with Crippen LogP contribution in [0.4, 0.5) is 4.39 Å². The van der Waals surface area contributed by atoms with Gasteiger partial charge in [-0.05, 0) is 42.7 Å². The summed E-state index contributed by atoms with van der Waals surface area (Å²) in [4.78, 5) is 3.95. The third kappa shape index (κ3) is 4.30. The van der Waals surface area contributed by atoms with Crippen LogP contribution in [0.5, 0.6) is 0 Å². The molecule has 1 aromatic carbocycles. The Bertz CT molecular complexity index is 528. The van der Waals surface area contributed by atoms with Gasteiger partial charge in [-0.3, -0.25) is 4.98 Å². The molecular weight excluding hydrogens is 263 g/mol. The fraction of sp³-hybridized carbons (Fsp3) is 0.267. The van der Waals surface area contributed by atoms with Gasteiger partial charge in [0.1, 0.15) is 5.82 Å². The molecule has 0 radical (unpaired) electrons. The van der Waals surface area contributed by atoms with Crippen molar-refractivity contribution in [3.8, 4) is 0 Å². The van der Waals surface area contributed by atoms with Gasteiger partial charge in [0, 0.05) is 25.0 Å². The van der Waals surface area contributed by atoms with E-state index in [9.17, 15) is 4.39 Å². The molecule has 2 nitrogen and oxygen atoms in total. The van der Waals surface area contributed by atoms with Gasteiger partial charge in [0.2, 0.25) is 0 Å². The number of pyridine rings is 1. The Labute approximate surface area is 117 Å². The number of rotatable bonds is 5. The van der Waals surface area contributed by atoms with E-state index in [1.165, 1.54) is 12.1 Å². The van der Waals surface area contributed by atoms with Crippen molar-refractivity contribution in [3.05, 3.63) is 64.7 Å². The Morgan fingerprint density at radius 2 is 2.00 bits per heavy atom. The number of benzene rings is 1. The summed E-state index contributed by atoms with van der Waals surface area (Å²) in [5.41, 5.74) is 2.14. The van der Waals surface area contributed by atoms with Crippen molar-refractivity contribution in [2.45, 2.75) is 25.9 Å². The maximum absolute atomic E-state index is 12.8. The second-order valence-corrected chi connectivity index (χ2v) is 4.99. The average molecular weight is 279 g/mol. The van der Waals surface area contributed by atoms with Crippen LogP contribution in [-0.2, 0) is 13.0 Å². The monoisotopic (exact) mass is 278 g/mol. The largest absolute Gasteiger partial charge is 0.310 e. The van der Waals surface area contributed by atoms with Crippen LogP contribution in [0.3, 0.4) is 0 Å². The van der Waals surface area contributed by atoms with Gasteiger partial charge < -0.3 is 5.32 Å². The van der Waals surface area contributed by atoms with Gasteiger partial charge in [-0.25, -0.2) is 4.39 Å². The average Bonchev–Trinajstić information content (AvgIpc) is 2.40. The number of nitrogens with zero attached hydrogens (tertiary/aromatic N) is 1. The Balaban J connectivity index is 1.86. The summed E-state index contributed by atoms with van der Waals surface area (Å²) in [6, 6.07) is 8.79. The van der Waals surface area contributed by atoms with E-state index < -0.39 is 0 Å². The molecule has 1 atom stereocenters. The zero-order valence-corrected chi connectivity index (χ0v) is 11.5. The third-order valence-electron chi connectivity index (χ3n) is 2.95. The molecule has 0 saturated heterocycles. The van der Waals surface area contributed by atoms with E-state index in [2.05, 4.69) is 17.2 Å². The van der Waals surface area contributed by atoms with Crippen molar-refractivity contribution in [1.82, 2.24) is 10.3 Å². The lowest BCUT2D eigenvalue weighted by molar-refractivity contribution is 0.544. The fourth-order valence-electron chi connectivity index (χ4n) is 1.88. The smallest absolute Gasteiger partial charge is 0.123 e. The standard InChI is InChI=1S/C15H16ClFN2/c1-11(8-12-2-4-14(17)5-3-12)19-9-13-6-7-18-10-15(13)16/h2-7,10-11,19H,8-9H2,1H3. The van der Waals surface area contributed by atoms with Crippen molar-refractivity contribution >= 4 is 11.6 Å². The van der Waals surface area contributed by atoms with Crippen LogP contribution in [-0.4, -0.2) is 11.0 Å². The molecule has 2 aromatic rings. The molecule has 0 spiro atoms. The first kappa shape index (κ1) is 14.0. The summed E-state index contributed by atoms with van der Waals surface area (Å²) in [5.74, 6) is -0.201. The normalized spacial score (nSPS) is 12.4. The number of aromatic nitrogens is 1. The summed E-state index contributed by atoms with van der Waals surface area (Å²) in [6.07, 6.45) is 4.22. The first-order valence-corrected chi connectivity index (χ1v) is 6.59. The van der Waals surface area contributed by atoms with Crippen molar-refractivity contribution in [3.63, 3.8) is 0 Å². The van der Waals surface area contributed by atoms with Crippen LogP contribution >= 0.6 is 11.6 Å². The van der Waals surface area contributed by atoms with Crippen molar-refractivity contribution in [2.75, 3.05) is 0 Å². The van der Waals surface area contributed by atoms with Crippen molar-refractivity contribution < 1.29 is 4.39 Å². The molecule has 0 aliphatic carbocycles.